The van der Waals surface area contributed by atoms with E-state index in [0.717, 1.165) is 5.56 Å². The molecule has 180 valence electrons. The Bertz CT molecular complexity index is 1440. The van der Waals surface area contributed by atoms with Crippen LogP contribution in [0.4, 0.5) is 0 Å². The quantitative estimate of drug-likeness (QED) is 0.201. The molecule has 6 nitrogen and oxygen atoms in total. The van der Waals surface area contributed by atoms with Crippen molar-refractivity contribution in [2.75, 3.05) is 6.61 Å². The molecule has 1 aromatic heterocycles. The summed E-state index contributed by atoms with van der Waals surface area (Å²) in [6.07, 6.45) is 1.24. The summed E-state index contributed by atoms with van der Waals surface area (Å²) in [5.41, 5.74) is 1.07. The lowest BCUT2D eigenvalue weighted by Crippen LogP contribution is -2.17. The summed E-state index contributed by atoms with van der Waals surface area (Å²) < 4.78 is 22.0. The molecule has 0 aliphatic rings. The second-order valence-electron chi connectivity index (χ2n) is 8.80. The van der Waals surface area contributed by atoms with E-state index in [1.54, 1.807) is 12.1 Å². The lowest BCUT2D eigenvalue weighted by Gasteiger charge is -2.19. The molecular formula is C27H22Cl2O6. The number of ether oxygens (including phenoxy) is 3. The fourth-order valence-electron chi connectivity index (χ4n) is 3.26. The van der Waals surface area contributed by atoms with E-state index in [4.69, 9.17) is 41.8 Å². The van der Waals surface area contributed by atoms with Crippen LogP contribution in [0.2, 0.25) is 10.0 Å². The van der Waals surface area contributed by atoms with Gasteiger partial charge < -0.3 is 18.6 Å². The van der Waals surface area contributed by atoms with Crippen molar-refractivity contribution in [2.45, 2.75) is 26.2 Å². The minimum absolute atomic E-state index is 0.0106. The van der Waals surface area contributed by atoms with Gasteiger partial charge in [0.2, 0.25) is 11.2 Å². The first kappa shape index (κ1) is 24.6. The Morgan fingerprint density at radius 1 is 0.914 bits per heavy atom. The van der Waals surface area contributed by atoms with Crippen molar-refractivity contribution in [3.8, 4) is 23.0 Å². The average molecular weight is 513 g/mol. The molecule has 0 radical (unpaired) electrons. The maximum Gasteiger partial charge on any atom is 0.349 e. The minimum atomic E-state index is -0.656. The number of hydrogen-bond acceptors (Lipinski definition) is 6. The molecule has 0 fully saturated rings. The van der Waals surface area contributed by atoms with Gasteiger partial charge in [0, 0.05) is 11.1 Å². The number of carbonyl (C=O) groups excluding carboxylic acids is 1. The third-order valence-corrected chi connectivity index (χ3v) is 5.66. The highest BCUT2D eigenvalue weighted by Crippen LogP contribution is 2.29. The van der Waals surface area contributed by atoms with E-state index in [2.05, 4.69) is 20.8 Å². The molecule has 0 aliphatic carbocycles. The number of esters is 1. The molecule has 0 N–H and O–H groups in total. The van der Waals surface area contributed by atoms with Crippen LogP contribution in [-0.4, -0.2) is 12.6 Å². The topological polar surface area (TPSA) is 75.0 Å². The molecule has 4 rings (SSSR count). The first-order chi connectivity index (χ1) is 16.6. The Labute approximate surface area is 211 Å². The predicted molar refractivity (Wildman–Crippen MR) is 135 cm³/mol. The van der Waals surface area contributed by atoms with Crippen LogP contribution in [0.25, 0.3) is 11.0 Å². The van der Waals surface area contributed by atoms with Gasteiger partial charge in [-0.25, -0.2) is 4.79 Å². The second kappa shape index (κ2) is 10.0. The summed E-state index contributed by atoms with van der Waals surface area (Å²) in [5.74, 6) is 0.423. The summed E-state index contributed by atoms with van der Waals surface area (Å²) in [5, 5.41) is 1.02. The van der Waals surface area contributed by atoms with E-state index in [-0.39, 0.29) is 44.9 Å². The number of halogens is 2. The van der Waals surface area contributed by atoms with E-state index in [0.29, 0.717) is 16.5 Å². The highest BCUT2D eigenvalue weighted by molar-refractivity contribution is 6.35. The van der Waals surface area contributed by atoms with Gasteiger partial charge >= 0.3 is 5.97 Å². The summed E-state index contributed by atoms with van der Waals surface area (Å²) in [7, 11) is 0. The summed E-state index contributed by atoms with van der Waals surface area (Å²) in [6, 6.07) is 16.7. The standard InChI is InChI=1S/C27H22Cl2O6/c1-27(2,3)16-4-7-18(8-5-16)34-24-14-32-23-13-19(9-10-20(23)26(24)31)35-25(30)15-33-22-11-6-17(28)12-21(22)29/h4-14H,15H2,1-3H3. The van der Waals surface area contributed by atoms with E-state index >= 15 is 0 Å². The smallest absolute Gasteiger partial charge is 0.349 e. The van der Waals surface area contributed by atoms with Crippen molar-refractivity contribution in [1.29, 1.82) is 0 Å². The van der Waals surface area contributed by atoms with Gasteiger partial charge in [-0.1, -0.05) is 56.1 Å². The SMILES string of the molecule is CC(C)(C)c1ccc(Oc2coc3cc(OC(=O)COc4ccc(Cl)cc4Cl)ccc3c2=O)cc1. The van der Waals surface area contributed by atoms with E-state index in [9.17, 15) is 9.59 Å². The first-order valence-electron chi connectivity index (χ1n) is 10.7. The maximum atomic E-state index is 12.9. The third kappa shape index (κ3) is 5.96. The lowest BCUT2D eigenvalue weighted by molar-refractivity contribution is -0.136. The van der Waals surface area contributed by atoms with Crippen LogP contribution in [0.1, 0.15) is 26.3 Å². The molecule has 0 aliphatic heterocycles. The molecular weight excluding hydrogens is 491 g/mol. The van der Waals surface area contributed by atoms with Crippen LogP contribution in [0, 0.1) is 0 Å². The number of fused-ring (bicyclic) bond motifs is 1. The van der Waals surface area contributed by atoms with Crippen LogP contribution in [0.5, 0.6) is 23.0 Å². The Morgan fingerprint density at radius 3 is 2.31 bits per heavy atom. The summed E-state index contributed by atoms with van der Waals surface area (Å²) in [4.78, 5) is 25.1. The van der Waals surface area contributed by atoms with E-state index < -0.39 is 5.97 Å². The summed E-state index contributed by atoms with van der Waals surface area (Å²) >= 11 is 11.9. The van der Waals surface area contributed by atoms with Gasteiger partial charge in [0.1, 0.15) is 29.1 Å². The van der Waals surface area contributed by atoms with Crippen molar-refractivity contribution in [2.24, 2.45) is 0 Å². The van der Waals surface area contributed by atoms with Crippen molar-refractivity contribution < 1.29 is 23.4 Å². The Morgan fingerprint density at radius 2 is 1.63 bits per heavy atom. The Hall–Kier alpha value is -3.48. The van der Waals surface area contributed by atoms with Crippen LogP contribution in [-0.2, 0) is 10.2 Å². The predicted octanol–water partition coefficient (Wildman–Crippen LogP) is 7.17. The zero-order valence-electron chi connectivity index (χ0n) is 19.3. The van der Waals surface area contributed by atoms with Gasteiger partial charge in [-0.15, -0.1) is 0 Å². The molecule has 4 aromatic rings. The number of benzene rings is 3. The van der Waals surface area contributed by atoms with Gasteiger partial charge in [-0.2, -0.15) is 0 Å². The van der Waals surface area contributed by atoms with Crippen molar-refractivity contribution in [1.82, 2.24) is 0 Å². The Kier molecular flexibility index (Phi) is 7.05. The fourth-order valence-corrected chi connectivity index (χ4v) is 3.73. The van der Waals surface area contributed by atoms with Gasteiger partial charge in [0.05, 0.1) is 10.4 Å². The normalized spacial score (nSPS) is 11.3. The van der Waals surface area contributed by atoms with Crippen LogP contribution >= 0.6 is 23.2 Å². The highest BCUT2D eigenvalue weighted by Gasteiger charge is 2.15. The third-order valence-electron chi connectivity index (χ3n) is 5.13. The molecule has 0 amide bonds. The molecule has 0 spiro atoms. The first-order valence-corrected chi connectivity index (χ1v) is 11.5. The summed E-state index contributed by atoms with van der Waals surface area (Å²) in [6.45, 7) is 5.99. The molecule has 0 unspecified atom stereocenters. The van der Waals surface area contributed by atoms with Crippen molar-refractivity contribution in [3.63, 3.8) is 0 Å². The monoisotopic (exact) mass is 512 g/mol. The van der Waals surface area contributed by atoms with Gasteiger partial charge in [-0.3, -0.25) is 4.79 Å². The minimum Gasteiger partial charge on any atom is -0.480 e. The molecule has 35 heavy (non-hydrogen) atoms. The number of rotatable bonds is 6. The molecule has 3 aromatic carbocycles. The van der Waals surface area contributed by atoms with Crippen LogP contribution < -0.4 is 19.6 Å². The van der Waals surface area contributed by atoms with Crippen molar-refractivity contribution in [3.05, 3.63) is 92.8 Å². The fraction of sp³-hybridized carbons (Fsp3) is 0.185. The zero-order chi connectivity index (χ0) is 25.2. The largest absolute Gasteiger partial charge is 0.480 e. The molecule has 8 heteroatoms. The molecule has 0 atom stereocenters. The zero-order valence-corrected chi connectivity index (χ0v) is 20.8. The van der Waals surface area contributed by atoms with Gasteiger partial charge in [-0.05, 0) is 53.4 Å². The second-order valence-corrected chi connectivity index (χ2v) is 9.64. The van der Waals surface area contributed by atoms with E-state index in [1.165, 1.54) is 30.5 Å². The average Bonchev–Trinajstić information content (AvgIpc) is 2.80. The number of hydrogen-bond donors (Lipinski definition) is 0. The molecule has 0 saturated carbocycles. The highest BCUT2D eigenvalue weighted by atomic mass is 35.5. The van der Waals surface area contributed by atoms with Crippen LogP contribution in [0.15, 0.2) is 76.1 Å². The lowest BCUT2D eigenvalue weighted by atomic mass is 9.87. The Balaban J connectivity index is 1.44. The molecule has 0 saturated heterocycles. The molecule has 0 bridgehead atoms. The van der Waals surface area contributed by atoms with Gasteiger partial charge in [0.15, 0.2) is 6.61 Å². The maximum absolute atomic E-state index is 12.9. The van der Waals surface area contributed by atoms with Gasteiger partial charge in [0.25, 0.3) is 0 Å². The molecule has 1 heterocycles. The van der Waals surface area contributed by atoms with Crippen molar-refractivity contribution >= 4 is 40.1 Å². The number of carbonyl (C=O) groups is 1. The van der Waals surface area contributed by atoms with E-state index in [1.807, 2.05) is 24.3 Å². The van der Waals surface area contributed by atoms with Crippen LogP contribution in [0.3, 0.4) is 0 Å².